The molecule has 1 aromatic carbocycles. The summed E-state index contributed by atoms with van der Waals surface area (Å²) in [5.74, 6) is 1.10. The molecule has 2 rings (SSSR count). The van der Waals surface area contributed by atoms with Crippen molar-refractivity contribution >= 4 is 15.9 Å². The predicted molar refractivity (Wildman–Crippen MR) is 90.6 cm³/mol. The van der Waals surface area contributed by atoms with Crippen molar-refractivity contribution in [2.45, 2.75) is 25.4 Å². The Hall–Kier alpha value is -1.80. The van der Waals surface area contributed by atoms with Crippen molar-refractivity contribution in [1.82, 2.24) is 9.21 Å². The maximum atomic E-state index is 12.7. The summed E-state index contributed by atoms with van der Waals surface area (Å²) in [6.45, 7) is 0.731. The number of hydrogen-bond donors (Lipinski definition) is 0. The van der Waals surface area contributed by atoms with Gasteiger partial charge in [0.15, 0.2) is 0 Å². The van der Waals surface area contributed by atoms with Gasteiger partial charge in [0, 0.05) is 31.8 Å². The Bertz CT molecular complexity index is 704. The number of sulfonamides is 1. The molecular weight excluding hydrogens is 332 g/mol. The van der Waals surface area contributed by atoms with E-state index in [4.69, 9.17) is 9.47 Å². The molecule has 1 amide bonds. The van der Waals surface area contributed by atoms with Crippen LogP contribution in [0.25, 0.3) is 0 Å². The Morgan fingerprint density at radius 2 is 2.04 bits per heavy atom. The number of amides is 1. The lowest BCUT2D eigenvalue weighted by atomic mass is 10.1. The normalized spacial score (nSPS) is 18.4. The van der Waals surface area contributed by atoms with E-state index in [0.717, 1.165) is 11.8 Å². The Kier molecular flexibility index (Phi) is 5.71. The fourth-order valence-corrected chi connectivity index (χ4v) is 4.07. The molecule has 0 N–H and O–H groups in total. The van der Waals surface area contributed by atoms with Crippen molar-refractivity contribution in [3.05, 3.63) is 23.8 Å². The number of rotatable bonds is 6. The van der Waals surface area contributed by atoms with Gasteiger partial charge >= 0.3 is 0 Å². The van der Waals surface area contributed by atoms with Gasteiger partial charge < -0.3 is 14.4 Å². The van der Waals surface area contributed by atoms with Crippen molar-refractivity contribution in [3.8, 4) is 11.5 Å². The van der Waals surface area contributed by atoms with Crippen molar-refractivity contribution in [1.29, 1.82) is 0 Å². The van der Waals surface area contributed by atoms with E-state index in [0.29, 0.717) is 37.4 Å². The fraction of sp³-hybridized carbons (Fsp3) is 0.562. The quantitative estimate of drug-likeness (QED) is 0.762. The summed E-state index contributed by atoms with van der Waals surface area (Å²) >= 11 is 0. The molecule has 0 aromatic heterocycles. The van der Waals surface area contributed by atoms with Gasteiger partial charge in [0.25, 0.3) is 0 Å². The average molecular weight is 356 g/mol. The second kappa shape index (κ2) is 7.40. The number of carbonyl (C=O) groups is 1. The number of benzene rings is 1. The summed E-state index contributed by atoms with van der Waals surface area (Å²) in [6.07, 6.45) is 2.39. The van der Waals surface area contributed by atoms with Gasteiger partial charge in [-0.05, 0) is 25.0 Å². The van der Waals surface area contributed by atoms with Crippen LogP contribution in [-0.4, -0.2) is 63.6 Å². The van der Waals surface area contributed by atoms with Crippen LogP contribution < -0.4 is 9.47 Å². The molecule has 1 saturated heterocycles. The number of methoxy groups -OCH3 is 2. The molecule has 1 fully saturated rings. The molecule has 1 aromatic rings. The lowest BCUT2D eigenvalue weighted by Crippen LogP contribution is -2.45. The zero-order valence-corrected chi connectivity index (χ0v) is 15.3. The lowest BCUT2D eigenvalue weighted by molar-refractivity contribution is -0.133. The molecule has 1 aliphatic heterocycles. The summed E-state index contributed by atoms with van der Waals surface area (Å²) in [6, 6.07) is 4.78. The third kappa shape index (κ3) is 3.99. The maximum Gasteiger partial charge on any atom is 0.241 e. The topological polar surface area (TPSA) is 76.2 Å². The van der Waals surface area contributed by atoms with Crippen molar-refractivity contribution in [2.24, 2.45) is 0 Å². The van der Waals surface area contributed by atoms with Gasteiger partial charge in [-0.3, -0.25) is 4.79 Å². The highest BCUT2D eigenvalue weighted by molar-refractivity contribution is 7.88. The van der Waals surface area contributed by atoms with Gasteiger partial charge in [0.2, 0.25) is 15.9 Å². The first-order valence-corrected chi connectivity index (χ1v) is 9.55. The second-order valence-corrected chi connectivity index (χ2v) is 7.84. The second-order valence-electron chi connectivity index (χ2n) is 5.90. The first-order valence-electron chi connectivity index (χ1n) is 7.70. The predicted octanol–water partition coefficient (Wildman–Crippen LogP) is 1.09. The van der Waals surface area contributed by atoms with Crippen LogP contribution in [0.1, 0.15) is 18.4 Å². The minimum absolute atomic E-state index is 0.198. The fourth-order valence-electron chi connectivity index (χ4n) is 2.95. The Labute approximate surface area is 143 Å². The molecule has 0 aliphatic carbocycles. The molecular formula is C16H24N2O5S. The van der Waals surface area contributed by atoms with E-state index in [2.05, 4.69) is 0 Å². The van der Waals surface area contributed by atoms with E-state index < -0.39 is 16.1 Å². The van der Waals surface area contributed by atoms with Gasteiger partial charge in [-0.15, -0.1) is 0 Å². The third-order valence-electron chi connectivity index (χ3n) is 4.19. The first kappa shape index (κ1) is 18.5. The van der Waals surface area contributed by atoms with E-state index in [9.17, 15) is 13.2 Å². The molecule has 134 valence electrons. The summed E-state index contributed by atoms with van der Waals surface area (Å²) < 4.78 is 35.4. The molecule has 8 heteroatoms. The van der Waals surface area contributed by atoms with Crippen LogP contribution in [-0.2, 0) is 21.4 Å². The summed E-state index contributed by atoms with van der Waals surface area (Å²) in [5.41, 5.74) is 0.832. The Balaban J connectivity index is 2.15. The van der Waals surface area contributed by atoms with Crippen molar-refractivity contribution in [3.63, 3.8) is 0 Å². The van der Waals surface area contributed by atoms with Gasteiger partial charge in [-0.1, -0.05) is 0 Å². The monoisotopic (exact) mass is 356 g/mol. The molecule has 0 bridgehead atoms. The number of nitrogens with zero attached hydrogens (tertiary/aromatic N) is 2. The number of ether oxygens (including phenoxy) is 2. The van der Waals surface area contributed by atoms with Crippen LogP contribution in [0.3, 0.4) is 0 Å². The molecule has 7 nitrogen and oxygen atoms in total. The number of hydrogen-bond acceptors (Lipinski definition) is 5. The molecule has 24 heavy (non-hydrogen) atoms. The summed E-state index contributed by atoms with van der Waals surface area (Å²) in [4.78, 5) is 14.2. The van der Waals surface area contributed by atoms with Crippen LogP contribution in [0.15, 0.2) is 18.2 Å². The largest absolute Gasteiger partial charge is 0.497 e. The van der Waals surface area contributed by atoms with E-state index in [-0.39, 0.29) is 5.91 Å². The lowest BCUT2D eigenvalue weighted by Gasteiger charge is -2.27. The summed E-state index contributed by atoms with van der Waals surface area (Å²) in [7, 11) is 1.42. The van der Waals surface area contributed by atoms with Gasteiger partial charge in [0.05, 0.1) is 20.5 Å². The molecule has 1 atom stereocenters. The highest BCUT2D eigenvalue weighted by Gasteiger charge is 2.37. The van der Waals surface area contributed by atoms with Crippen LogP contribution in [0.5, 0.6) is 11.5 Å². The minimum atomic E-state index is -3.38. The van der Waals surface area contributed by atoms with E-state index in [1.165, 1.54) is 4.31 Å². The van der Waals surface area contributed by atoms with Gasteiger partial charge in [0.1, 0.15) is 17.5 Å². The number of carbonyl (C=O) groups excluding carboxylic acids is 1. The molecule has 1 heterocycles. The smallest absolute Gasteiger partial charge is 0.241 e. The molecule has 0 saturated carbocycles. The van der Waals surface area contributed by atoms with Crippen molar-refractivity contribution < 1.29 is 22.7 Å². The minimum Gasteiger partial charge on any atom is -0.497 e. The van der Waals surface area contributed by atoms with Crippen molar-refractivity contribution in [2.75, 3.05) is 34.1 Å². The van der Waals surface area contributed by atoms with Crippen LogP contribution >= 0.6 is 0 Å². The van der Waals surface area contributed by atoms with E-state index in [1.54, 1.807) is 38.3 Å². The molecule has 1 aliphatic rings. The molecule has 0 unspecified atom stereocenters. The van der Waals surface area contributed by atoms with Crippen LogP contribution in [0, 0.1) is 0 Å². The zero-order valence-electron chi connectivity index (χ0n) is 14.5. The Morgan fingerprint density at radius 3 is 2.62 bits per heavy atom. The first-order chi connectivity index (χ1) is 11.3. The third-order valence-corrected chi connectivity index (χ3v) is 5.48. The van der Waals surface area contributed by atoms with Crippen LogP contribution in [0.2, 0.25) is 0 Å². The van der Waals surface area contributed by atoms with Crippen LogP contribution in [0.4, 0.5) is 0 Å². The molecule has 0 spiro atoms. The van der Waals surface area contributed by atoms with E-state index in [1.807, 2.05) is 6.07 Å². The average Bonchev–Trinajstić information content (AvgIpc) is 3.04. The Morgan fingerprint density at radius 1 is 1.33 bits per heavy atom. The summed E-state index contributed by atoms with van der Waals surface area (Å²) in [5, 5.41) is 0. The molecule has 0 radical (unpaired) electrons. The van der Waals surface area contributed by atoms with Gasteiger partial charge in [-0.2, -0.15) is 4.31 Å². The maximum absolute atomic E-state index is 12.7. The standard InChI is InChI=1S/C16H24N2O5S/c1-17(11-12-7-8-13(22-2)10-15(12)23-3)16(19)14-6-5-9-18(14)24(4,20)21/h7-8,10,14H,5-6,9,11H2,1-4H3/t14-/m1/s1. The number of likely N-dealkylation sites (N-methyl/N-ethyl adjacent to an activating group) is 1. The highest BCUT2D eigenvalue weighted by Crippen LogP contribution is 2.27. The van der Waals surface area contributed by atoms with E-state index >= 15 is 0 Å². The SMILES string of the molecule is COc1ccc(CN(C)C(=O)[C@H]2CCCN2S(C)(=O)=O)c(OC)c1. The van der Waals surface area contributed by atoms with Gasteiger partial charge in [-0.25, -0.2) is 8.42 Å². The zero-order chi connectivity index (χ0) is 17.9. The highest BCUT2D eigenvalue weighted by atomic mass is 32.2.